The molecule has 2 saturated carbocycles. The average molecular weight is 390 g/mol. The van der Waals surface area contributed by atoms with Crippen LogP contribution in [0.15, 0.2) is 24.3 Å². The molecule has 0 unspecified atom stereocenters. The van der Waals surface area contributed by atoms with Gasteiger partial charge in [-0.1, -0.05) is 30.2 Å². The number of nitrogens with one attached hydrogen (secondary N) is 1. The number of anilines is 1. The van der Waals surface area contributed by atoms with Crippen LogP contribution in [0.1, 0.15) is 32.1 Å². The van der Waals surface area contributed by atoms with E-state index in [0.717, 1.165) is 44.4 Å². The van der Waals surface area contributed by atoms with Crippen molar-refractivity contribution in [3.63, 3.8) is 0 Å². The Balaban J connectivity index is 1.20. The fraction of sp³-hybridized carbons (Fsp3) is 0.619. The molecule has 3 fully saturated rings. The van der Waals surface area contributed by atoms with Crippen molar-refractivity contribution in [1.82, 2.24) is 9.80 Å². The lowest BCUT2D eigenvalue weighted by Crippen LogP contribution is -2.50. The van der Waals surface area contributed by atoms with Crippen LogP contribution in [-0.4, -0.2) is 54.3 Å². The van der Waals surface area contributed by atoms with Crippen molar-refractivity contribution in [3.8, 4) is 0 Å². The first-order chi connectivity index (χ1) is 13.1. The lowest BCUT2D eigenvalue weighted by atomic mass is 9.86. The predicted octanol–water partition coefficient (Wildman–Crippen LogP) is 3.25. The average Bonchev–Trinajstić information content (AvgIpc) is 3.27. The van der Waals surface area contributed by atoms with Gasteiger partial charge >= 0.3 is 0 Å². The Morgan fingerprint density at radius 2 is 1.85 bits per heavy atom. The quantitative estimate of drug-likeness (QED) is 0.841. The van der Waals surface area contributed by atoms with Gasteiger partial charge in [-0.3, -0.25) is 14.5 Å². The SMILES string of the molecule is O=C(CN1CCN(C(=O)C[C@@H]2C[C@@H]3CC[C@@H]2C3)CC1)Nc1ccccc1Cl. The van der Waals surface area contributed by atoms with E-state index in [9.17, 15) is 9.59 Å². The van der Waals surface area contributed by atoms with Crippen molar-refractivity contribution in [1.29, 1.82) is 0 Å². The van der Waals surface area contributed by atoms with Gasteiger partial charge in [-0.15, -0.1) is 0 Å². The van der Waals surface area contributed by atoms with Gasteiger partial charge in [-0.2, -0.15) is 0 Å². The molecular formula is C21H28ClN3O2. The third-order valence-electron chi connectivity index (χ3n) is 6.56. The highest BCUT2D eigenvalue weighted by Gasteiger charge is 2.40. The first-order valence-electron chi connectivity index (χ1n) is 10.1. The zero-order valence-electron chi connectivity index (χ0n) is 15.7. The number of carbonyl (C=O) groups excluding carboxylic acids is 2. The van der Waals surface area contributed by atoms with Crippen molar-refractivity contribution < 1.29 is 9.59 Å². The van der Waals surface area contributed by atoms with Crippen LogP contribution in [0.3, 0.4) is 0 Å². The van der Waals surface area contributed by atoms with Gasteiger partial charge in [0.15, 0.2) is 0 Å². The number of hydrogen-bond acceptors (Lipinski definition) is 3. The van der Waals surface area contributed by atoms with Crippen LogP contribution in [0.25, 0.3) is 0 Å². The Hall–Kier alpha value is -1.59. The number of nitrogens with zero attached hydrogens (tertiary/aromatic N) is 2. The number of rotatable bonds is 5. The van der Waals surface area contributed by atoms with Crippen molar-refractivity contribution in [2.24, 2.45) is 17.8 Å². The van der Waals surface area contributed by atoms with E-state index in [1.807, 2.05) is 17.0 Å². The maximum absolute atomic E-state index is 12.7. The Morgan fingerprint density at radius 1 is 1.07 bits per heavy atom. The Kier molecular flexibility index (Phi) is 5.69. The highest BCUT2D eigenvalue weighted by molar-refractivity contribution is 6.33. The van der Waals surface area contributed by atoms with Gasteiger partial charge in [-0.25, -0.2) is 0 Å². The summed E-state index contributed by atoms with van der Waals surface area (Å²) in [7, 11) is 0. The summed E-state index contributed by atoms with van der Waals surface area (Å²) in [5.41, 5.74) is 0.642. The van der Waals surface area contributed by atoms with Gasteiger partial charge < -0.3 is 10.2 Å². The van der Waals surface area contributed by atoms with E-state index in [4.69, 9.17) is 11.6 Å². The highest BCUT2D eigenvalue weighted by atomic mass is 35.5. The topological polar surface area (TPSA) is 52.7 Å². The van der Waals surface area contributed by atoms with E-state index in [2.05, 4.69) is 10.2 Å². The molecule has 0 radical (unpaired) electrons. The summed E-state index contributed by atoms with van der Waals surface area (Å²) in [5, 5.41) is 3.41. The number of piperazine rings is 1. The fourth-order valence-electron chi connectivity index (χ4n) is 5.09. The van der Waals surface area contributed by atoms with E-state index in [0.29, 0.717) is 29.1 Å². The summed E-state index contributed by atoms with van der Waals surface area (Å²) >= 11 is 6.09. The van der Waals surface area contributed by atoms with Gasteiger partial charge in [0.05, 0.1) is 17.3 Å². The molecule has 1 aromatic carbocycles. The molecule has 2 bridgehead atoms. The van der Waals surface area contributed by atoms with E-state index >= 15 is 0 Å². The number of hydrogen-bond donors (Lipinski definition) is 1. The lowest BCUT2D eigenvalue weighted by Gasteiger charge is -2.35. The molecule has 1 aliphatic heterocycles. The Morgan fingerprint density at radius 3 is 2.52 bits per heavy atom. The normalized spacial score (nSPS) is 27.7. The van der Waals surface area contributed by atoms with E-state index < -0.39 is 0 Å². The van der Waals surface area contributed by atoms with E-state index in [1.54, 1.807) is 12.1 Å². The van der Waals surface area contributed by atoms with Crippen LogP contribution in [-0.2, 0) is 9.59 Å². The van der Waals surface area contributed by atoms with Crippen LogP contribution >= 0.6 is 11.6 Å². The predicted molar refractivity (Wildman–Crippen MR) is 107 cm³/mol. The Bertz CT molecular complexity index is 702. The summed E-state index contributed by atoms with van der Waals surface area (Å²) in [6.45, 7) is 3.27. The summed E-state index contributed by atoms with van der Waals surface area (Å²) < 4.78 is 0. The lowest BCUT2D eigenvalue weighted by molar-refractivity contribution is -0.134. The molecular weight excluding hydrogens is 362 g/mol. The largest absolute Gasteiger partial charge is 0.340 e. The zero-order chi connectivity index (χ0) is 18.8. The molecule has 6 heteroatoms. The van der Waals surface area contributed by atoms with Gasteiger partial charge in [0.25, 0.3) is 0 Å². The second kappa shape index (κ2) is 8.19. The highest BCUT2D eigenvalue weighted by Crippen LogP contribution is 2.49. The number of amides is 2. The van der Waals surface area contributed by atoms with Gasteiger partial charge in [0.2, 0.25) is 11.8 Å². The molecule has 4 rings (SSSR count). The van der Waals surface area contributed by atoms with Crippen molar-refractivity contribution in [3.05, 3.63) is 29.3 Å². The molecule has 27 heavy (non-hydrogen) atoms. The maximum Gasteiger partial charge on any atom is 0.238 e. The van der Waals surface area contributed by atoms with Crippen LogP contribution in [0.5, 0.6) is 0 Å². The summed E-state index contributed by atoms with van der Waals surface area (Å²) in [4.78, 5) is 29.0. The maximum atomic E-state index is 12.7. The molecule has 1 saturated heterocycles. The zero-order valence-corrected chi connectivity index (χ0v) is 16.5. The summed E-state index contributed by atoms with van der Waals surface area (Å²) in [6, 6.07) is 7.25. The van der Waals surface area contributed by atoms with Crippen LogP contribution in [0.4, 0.5) is 5.69 Å². The van der Waals surface area contributed by atoms with E-state index in [-0.39, 0.29) is 5.91 Å². The van der Waals surface area contributed by atoms with Gasteiger partial charge in [0.1, 0.15) is 0 Å². The molecule has 3 aliphatic rings. The number of benzene rings is 1. The first kappa shape index (κ1) is 18.8. The number of halogens is 1. The minimum atomic E-state index is -0.0649. The summed E-state index contributed by atoms with van der Waals surface area (Å²) in [6.07, 6.45) is 6.06. The molecule has 0 spiro atoms. The number of fused-ring (bicyclic) bond motifs is 2. The monoisotopic (exact) mass is 389 g/mol. The van der Waals surface area contributed by atoms with Crippen LogP contribution in [0.2, 0.25) is 5.02 Å². The summed E-state index contributed by atoms with van der Waals surface area (Å²) in [5.74, 6) is 2.56. The second-order valence-corrected chi connectivity index (χ2v) is 8.73. The van der Waals surface area contributed by atoms with Crippen LogP contribution in [0, 0.1) is 17.8 Å². The van der Waals surface area contributed by atoms with Gasteiger partial charge in [-0.05, 0) is 49.1 Å². The molecule has 1 aromatic rings. The molecule has 1 N–H and O–H groups in total. The second-order valence-electron chi connectivity index (χ2n) is 8.32. The molecule has 0 aromatic heterocycles. The molecule has 5 nitrogen and oxygen atoms in total. The minimum absolute atomic E-state index is 0.0649. The van der Waals surface area contributed by atoms with Crippen molar-refractivity contribution in [2.75, 3.05) is 38.0 Å². The molecule has 1 heterocycles. The first-order valence-corrected chi connectivity index (χ1v) is 10.5. The third-order valence-corrected chi connectivity index (χ3v) is 6.89. The van der Waals surface area contributed by atoms with Gasteiger partial charge in [0, 0.05) is 32.6 Å². The van der Waals surface area contributed by atoms with E-state index in [1.165, 1.54) is 25.7 Å². The van der Waals surface area contributed by atoms with Crippen LogP contribution < -0.4 is 5.32 Å². The standard InChI is InChI=1S/C21H28ClN3O2/c22-18-3-1-2-4-19(18)23-20(26)14-24-7-9-25(10-8-24)21(27)13-17-12-15-5-6-16(17)11-15/h1-4,15-17H,5-14H2,(H,23,26)/t15-,16-,17+/m1/s1. The molecule has 2 amide bonds. The molecule has 2 aliphatic carbocycles. The Labute approximate surface area is 166 Å². The fourth-order valence-corrected chi connectivity index (χ4v) is 5.27. The molecule has 3 atom stereocenters. The third kappa shape index (κ3) is 4.46. The minimum Gasteiger partial charge on any atom is -0.340 e. The smallest absolute Gasteiger partial charge is 0.238 e. The number of carbonyl (C=O) groups is 2. The molecule has 146 valence electrons. The van der Waals surface area contributed by atoms with Crippen molar-refractivity contribution in [2.45, 2.75) is 32.1 Å². The number of para-hydroxylation sites is 1. The van der Waals surface area contributed by atoms with Crippen molar-refractivity contribution >= 4 is 29.1 Å².